The minimum atomic E-state index is -0.211. The highest BCUT2D eigenvalue weighted by atomic mass is 16.5. The van der Waals surface area contributed by atoms with Gasteiger partial charge in [0.05, 0.1) is 6.61 Å². The van der Waals surface area contributed by atoms with E-state index in [0.29, 0.717) is 6.61 Å². The van der Waals surface area contributed by atoms with E-state index in [0.717, 1.165) is 18.6 Å². The smallest absolute Gasteiger partial charge is 0.302 e. The van der Waals surface area contributed by atoms with Crippen LogP contribution in [0, 0.1) is 5.92 Å². The fraction of sp³-hybridized carbons (Fsp3) is 0.833. The highest BCUT2D eigenvalue weighted by Gasteiger charge is 2.11. The second kappa shape index (κ2) is 9.69. The van der Waals surface area contributed by atoms with Crippen LogP contribution in [-0.4, -0.2) is 18.9 Å². The molecule has 0 N–H and O–H groups in total. The van der Waals surface area contributed by atoms with Crippen molar-refractivity contribution >= 4 is 12.3 Å². The summed E-state index contributed by atoms with van der Waals surface area (Å²) in [5, 5.41) is 0. The van der Waals surface area contributed by atoms with E-state index < -0.39 is 0 Å². The van der Waals surface area contributed by atoms with Gasteiger partial charge in [0, 0.05) is 13.3 Å². The molecule has 1 saturated carbocycles. The molecule has 3 nitrogen and oxygen atoms in total. The number of ether oxygens (including phenoxy) is 1. The van der Waals surface area contributed by atoms with Crippen LogP contribution >= 0.6 is 0 Å². The quantitative estimate of drug-likeness (QED) is 0.536. The van der Waals surface area contributed by atoms with E-state index in [2.05, 4.69) is 4.74 Å². The molecule has 0 aliphatic heterocycles. The third kappa shape index (κ3) is 9.44. The molecule has 0 saturated heterocycles. The fourth-order valence-corrected chi connectivity index (χ4v) is 1.76. The molecule has 1 fully saturated rings. The number of carbonyl (C=O) groups excluding carboxylic acids is 2. The molecular formula is C12H22O3. The van der Waals surface area contributed by atoms with E-state index in [1.165, 1.54) is 39.0 Å². The molecule has 0 unspecified atom stereocenters. The number of carbonyl (C=O) groups is 2. The van der Waals surface area contributed by atoms with Gasteiger partial charge in [-0.25, -0.2) is 0 Å². The number of aldehydes is 1. The van der Waals surface area contributed by atoms with Crippen molar-refractivity contribution in [3.8, 4) is 0 Å². The first-order valence-electron chi connectivity index (χ1n) is 5.77. The largest absolute Gasteiger partial charge is 0.466 e. The van der Waals surface area contributed by atoms with Crippen molar-refractivity contribution in [3.05, 3.63) is 0 Å². The zero-order chi connectivity index (χ0) is 11.5. The van der Waals surface area contributed by atoms with Gasteiger partial charge in [0.2, 0.25) is 0 Å². The lowest BCUT2D eigenvalue weighted by Gasteiger charge is -2.18. The minimum absolute atomic E-state index is 0.211. The molecule has 0 atom stereocenters. The Morgan fingerprint density at radius 1 is 1.33 bits per heavy atom. The molecule has 1 aliphatic rings. The normalized spacial score (nSPS) is 16.1. The van der Waals surface area contributed by atoms with E-state index in [-0.39, 0.29) is 5.97 Å². The summed E-state index contributed by atoms with van der Waals surface area (Å²) in [6.45, 7) is 3.65. The summed E-state index contributed by atoms with van der Waals surface area (Å²) in [7, 11) is 0. The lowest BCUT2D eigenvalue weighted by molar-refractivity contribution is -0.140. The molecule has 3 heteroatoms. The van der Waals surface area contributed by atoms with Crippen molar-refractivity contribution in [2.75, 3.05) is 6.61 Å². The predicted molar refractivity (Wildman–Crippen MR) is 59.6 cm³/mol. The molecule has 88 valence electrons. The van der Waals surface area contributed by atoms with Crippen LogP contribution in [0.4, 0.5) is 0 Å². The first-order chi connectivity index (χ1) is 7.20. The van der Waals surface area contributed by atoms with E-state index in [9.17, 15) is 9.59 Å². The summed E-state index contributed by atoms with van der Waals surface area (Å²) >= 11 is 0. The first-order valence-corrected chi connectivity index (χ1v) is 5.77. The average molecular weight is 214 g/mol. The first kappa shape index (κ1) is 14.1. The zero-order valence-corrected chi connectivity index (χ0v) is 9.83. The maximum absolute atomic E-state index is 10.1. The Kier molecular flexibility index (Phi) is 9.13. The van der Waals surface area contributed by atoms with Crippen molar-refractivity contribution < 1.29 is 14.3 Å². The summed E-state index contributed by atoms with van der Waals surface area (Å²) < 4.78 is 4.40. The molecule has 15 heavy (non-hydrogen) atoms. The highest BCUT2D eigenvalue weighted by Crippen LogP contribution is 2.24. The summed E-state index contributed by atoms with van der Waals surface area (Å²) in [6, 6.07) is 0. The van der Waals surface area contributed by atoms with Crippen LogP contribution in [0.1, 0.15) is 52.4 Å². The molecule has 0 aromatic rings. The SMILES string of the molecule is CCOC(C)=O.O=CCC1CCCCC1. The Bertz CT molecular complexity index is 172. The Labute approximate surface area is 92.2 Å². The monoisotopic (exact) mass is 214 g/mol. The summed E-state index contributed by atoms with van der Waals surface area (Å²) in [4.78, 5) is 19.9. The third-order valence-corrected chi connectivity index (χ3v) is 2.50. The lowest BCUT2D eigenvalue weighted by Crippen LogP contribution is -2.05. The minimum Gasteiger partial charge on any atom is -0.466 e. The van der Waals surface area contributed by atoms with Crippen LogP contribution in [0.15, 0.2) is 0 Å². The van der Waals surface area contributed by atoms with Gasteiger partial charge in [0.15, 0.2) is 0 Å². The lowest BCUT2D eigenvalue weighted by atomic mass is 9.87. The van der Waals surface area contributed by atoms with Gasteiger partial charge in [-0.15, -0.1) is 0 Å². The van der Waals surface area contributed by atoms with Gasteiger partial charge in [0.1, 0.15) is 6.29 Å². The van der Waals surface area contributed by atoms with Gasteiger partial charge >= 0.3 is 5.97 Å². The highest BCUT2D eigenvalue weighted by molar-refractivity contribution is 5.65. The van der Waals surface area contributed by atoms with Gasteiger partial charge in [-0.2, -0.15) is 0 Å². The van der Waals surface area contributed by atoms with Crippen LogP contribution in [0.5, 0.6) is 0 Å². The van der Waals surface area contributed by atoms with Crippen molar-refractivity contribution in [3.63, 3.8) is 0 Å². The maximum Gasteiger partial charge on any atom is 0.302 e. The molecule has 0 radical (unpaired) electrons. The second-order valence-electron chi connectivity index (χ2n) is 3.83. The molecule has 0 spiro atoms. The predicted octanol–water partition coefficient (Wildman–Crippen LogP) is 2.73. The van der Waals surface area contributed by atoms with Gasteiger partial charge in [-0.1, -0.05) is 32.1 Å². The van der Waals surface area contributed by atoms with Gasteiger partial charge in [-0.3, -0.25) is 4.79 Å². The maximum atomic E-state index is 10.1. The van der Waals surface area contributed by atoms with Gasteiger partial charge in [0.25, 0.3) is 0 Å². The van der Waals surface area contributed by atoms with E-state index in [4.69, 9.17) is 0 Å². The average Bonchev–Trinajstić information content (AvgIpc) is 2.20. The summed E-state index contributed by atoms with van der Waals surface area (Å²) in [5.74, 6) is 0.522. The van der Waals surface area contributed by atoms with Crippen LogP contribution in [-0.2, 0) is 14.3 Å². The molecule has 1 aliphatic carbocycles. The molecule has 0 aromatic carbocycles. The Morgan fingerprint density at radius 2 is 1.93 bits per heavy atom. The standard InChI is InChI=1S/C8H14O.C4H8O2/c9-7-6-8-4-2-1-3-5-8;1-3-6-4(2)5/h7-8H,1-6H2;3H2,1-2H3. The Morgan fingerprint density at radius 3 is 2.27 bits per heavy atom. The van der Waals surface area contributed by atoms with Gasteiger partial charge in [-0.05, 0) is 12.8 Å². The fourth-order valence-electron chi connectivity index (χ4n) is 1.76. The van der Waals surface area contributed by atoms with Crippen LogP contribution in [0.25, 0.3) is 0 Å². The van der Waals surface area contributed by atoms with Crippen molar-refractivity contribution in [1.82, 2.24) is 0 Å². The number of esters is 1. The molecule has 0 amide bonds. The molecule has 0 bridgehead atoms. The Hall–Kier alpha value is -0.860. The number of hydrogen-bond acceptors (Lipinski definition) is 3. The molecule has 0 aromatic heterocycles. The summed E-state index contributed by atoms with van der Waals surface area (Å²) in [5.41, 5.74) is 0. The van der Waals surface area contributed by atoms with Crippen molar-refractivity contribution in [2.24, 2.45) is 5.92 Å². The molecular weight excluding hydrogens is 192 g/mol. The van der Waals surface area contributed by atoms with Gasteiger partial charge < -0.3 is 9.53 Å². The van der Waals surface area contributed by atoms with E-state index in [1.54, 1.807) is 6.92 Å². The molecule has 0 heterocycles. The van der Waals surface area contributed by atoms with Crippen LogP contribution < -0.4 is 0 Å². The van der Waals surface area contributed by atoms with Crippen molar-refractivity contribution in [2.45, 2.75) is 52.4 Å². The van der Waals surface area contributed by atoms with E-state index in [1.807, 2.05) is 0 Å². The second-order valence-corrected chi connectivity index (χ2v) is 3.83. The van der Waals surface area contributed by atoms with E-state index >= 15 is 0 Å². The Balaban J connectivity index is 0.000000288. The van der Waals surface area contributed by atoms with Crippen LogP contribution in [0.2, 0.25) is 0 Å². The third-order valence-electron chi connectivity index (χ3n) is 2.50. The molecule has 1 rings (SSSR count). The number of hydrogen-bond donors (Lipinski definition) is 0. The van der Waals surface area contributed by atoms with Crippen LogP contribution in [0.3, 0.4) is 0 Å². The van der Waals surface area contributed by atoms with Crippen molar-refractivity contribution in [1.29, 1.82) is 0 Å². The topological polar surface area (TPSA) is 43.4 Å². The zero-order valence-electron chi connectivity index (χ0n) is 9.83. The summed E-state index contributed by atoms with van der Waals surface area (Å²) in [6.07, 6.45) is 8.53. The number of rotatable bonds is 3.